The van der Waals surface area contributed by atoms with Crippen LogP contribution in [0.3, 0.4) is 0 Å². The van der Waals surface area contributed by atoms with E-state index in [2.05, 4.69) is 0 Å². The van der Waals surface area contributed by atoms with E-state index in [9.17, 15) is 4.79 Å². The zero-order valence-electron chi connectivity index (χ0n) is 9.65. The van der Waals surface area contributed by atoms with Gasteiger partial charge < -0.3 is 15.4 Å². The fourth-order valence-electron chi connectivity index (χ4n) is 1.94. The molecule has 2 N–H and O–H groups in total. The van der Waals surface area contributed by atoms with E-state index in [1.54, 1.807) is 23.1 Å². The van der Waals surface area contributed by atoms with Crippen LogP contribution in [0, 0.1) is 0 Å². The average Bonchev–Trinajstić information content (AvgIpc) is 2.29. The Hall–Kier alpha value is -1.26. The number of ether oxygens (including phenoxy) is 1. The molecule has 1 saturated heterocycles. The molecule has 0 spiro atoms. The fraction of sp³-hybridized carbons (Fsp3) is 0.417. The Kier molecular flexibility index (Phi) is 3.54. The van der Waals surface area contributed by atoms with Gasteiger partial charge in [-0.1, -0.05) is 17.7 Å². The molecule has 0 aromatic heterocycles. The maximum Gasteiger partial charge on any atom is 0.257 e. The lowest BCUT2D eigenvalue weighted by Crippen LogP contribution is -2.47. The molecule has 1 aliphatic heterocycles. The number of hydrogen-bond acceptors (Lipinski definition) is 3. The lowest BCUT2D eigenvalue weighted by Gasteiger charge is -2.33. The van der Waals surface area contributed by atoms with Gasteiger partial charge in [0.2, 0.25) is 0 Å². The van der Waals surface area contributed by atoms with Gasteiger partial charge in [0.05, 0.1) is 29.8 Å². The molecule has 1 aromatic rings. The molecule has 0 aliphatic carbocycles. The van der Waals surface area contributed by atoms with Gasteiger partial charge in [0.25, 0.3) is 5.91 Å². The number of carbonyl (C=O) groups excluding carboxylic acids is 1. The van der Waals surface area contributed by atoms with Crippen LogP contribution in [-0.4, -0.2) is 36.6 Å². The van der Waals surface area contributed by atoms with E-state index in [0.29, 0.717) is 36.0 Å². The summed E-state index contributed by atoms with van der Waals surface area (Å²) in [6.45, 7) is 3.63. The van der Waals surface area contributed by atoms with E-state index in [4.69, 9.17) is 22.1 Å². The number of rotatable bonds is 1. The third-order valence-corrected chi connectivity index (χ3v) is 3.20. The van der Waals surface area contributed by atoms with Crippen molar-refractivity contribution in [3.8, 4) is 0 Å². The molecule has 1 aliphatic rings. The first-order valence-corrected chi connectivity index (χ1v) is 5.91. The van der Waals surface area contributed by atoms with Crippen LogP contribution in [0.1, 0.15) is 17.3 Å². The first-order chi connectivity index (χ1) is 8.11. The highest BCUT2D eigenvalue weighted by Gasteiger charge is 2.27. The summed E-state index contributed by atoms with van der Waals surface area (Å²) >= 11 is 6.03. The molecule has 1 amide bonds. The predicted octanol–water partition coefficient (Wildman–Crippen LogP) is 1.78. The molecule has 1 aromatic carbocycles. The maximum absolute atomic E-state index is 12.4. The summed E-state index contributed by atoms with van der Waals surface area (Å²) in [5.41, 5.74) is 6.62. The number of anilines is 1. The van der Waals surface area contributed by atoms with Crippen LogP contribution < -0.4 is 5.73 Å². The van der Waals surface area contributed by atoms with Crippen LogP contribution in [0.15, 0.2) is 18.2 Å². The minimum absolute atomic E-state index is 0.0481. The highest BCUT2D eigenvalue weighted by molar-refractivity contribution is 6.34. The second-order valence-electron chi connectivity index (χ2n) is 4.13. The average molecular weight is 255 g/mol. The van der Waals surface area contributed by atoms with E-state index < -0.39 is 0 Å². The Balaban J connectivity index is 2.30. The zero-order valence-corrected chi connectivity index (χ0v) is 10.4. The first-order valence-electron chi connectivity index (χ1n) is 5.54. The van der Waals surface area contributed by atoms with Crippen LogP contribution >= 0.6 is 11.6 Å². The Morgan fingerprint density at radius 1 is 1.59 bits per heavy atom. The van der Waals surface area contributed by atoms with E-state index in [-0.39, 0.29) is 11.9 Å². The SMILES string of the molecule is CC1COCCN1C(=O)c1c(N)cccc1Cl. The maximum atomic E-state index is 12.4. The fourth-order valence-corrected chi connectivity index (χ4v) is 2.20. The molecule has 1 unspecified atom stereocenters. The van der Waals surface area contributed by atoms with Crippen molar-refractivity contribution in [1.82, 2.24) is 4.90 Å². The minimum atomic E-state index is -0.121. The van der Waals surface area contributed by atoms with E-state index >= 15 is 0 Å². The summed E-state index contributed by atoms with van der Waals surface area (Å²) in [6.07, 6.45) is 0. The first kappa shape index (κ1) is 12.2. The van der Waals surface area contributed by atoms with Gasteiger partial charge in [-0.15, -0.1) is 0 Å². The molecule has 2 rings (SSSR count). The highest BCUT2D eigenvalue weighted by atomic mass is 35.5. The number of benzene rings is 1. The Morgan fingerprint density at radius 3 is 3.00 bits per heavy atom. The number of halogens is 1. The van der Waals surface area contributed by atoms with Gasteiger partial charge in [0.1, 0.15) is 0 Å². The molecule has 1 atom stereocenters. The van der Waals surface area contributed by atoms with E-state index in [1.165, 1.54) is 0 Å². The number of nitrogen functional groups attached to an aromatic ring is 1. The van der Waals surface area contributed by atoms with Crippen LogP contribution in [0.4, 0.5) is 5.69 Å². The summed E-state index contributed by atoms with van der Waals surface area (Å²) in [5, 5.41) is 0.397. The van der Waals surface area contributed by atoms with Crippen LogP contribution in [0.5, 0.6) is 0 Å². The number of hydrogen-bond donors (Lipinski definition) is 1. The van der Waals surface area contributed by atoms with Crippen LogP contribution in [0.2, 0.25) is 5.02 Å². The molecule has 17 heavy (non-hydrogen) atoms. The molecular weight excluding hydrogens is 240 g/mol. The lowest BCUT2D eigenvalue weighted by atomic mass is 10.1. The third-order valence-electron chi connectivity index (χ3n) is 2.89. The van der Waals surface area contributed by atoms with Crippen molar-refractivity contribution in [2.75, 3.05) is 25.5 Å². The number of morpholine rings is 1. The zero-order chi connectivity index (χ0) is 12.4. The molecule has 92 valence electrons. The van der Waals surface area contributed by atoms with Gasteiger partial charge in [-0.2, -0.15) is 0 Å². The van der Waals surface area contributed by atoms with Crippen molar-refractivity contribution >= 4 is 23.2 Å². The predicted molar refractivity (Wildman–Crippen MR) is 67.2 cm³/mol. The van der Waals surface area contributed by atoms with Gasteiger partial charge in [0, 0.05) is 12.2 Å². The smallest absolute Gasteiger partial charge is 0.257 e. The van der Waals surface area contributed by atoms with Crippen molar-refractivity contribution in [2.45, 2.75) is 13.0 Å². The topological polar surface area (TPSA) is 55.6 Å². The van der Waals surface area contributed by atoms with Gasteiger partial charge in [0.15, 0.2) is 0 Å². The second-order valence-corrected chi connectivity index (χ2v) is 4.53. The number of nitrogens with zero attached hydrogens (tertiary/aromatic N) is 1. The Morgan fingerprint density at radius 2 is 2.35 bits per heavy atom. The lowest BCUT2D eigenvalue weighted by molar-refractivity contribution is 0.00366. The molecule has 1 heterocycles. The highest BCUT2D eigenvalue weighted by Crippen LogP contribution is 2.25. The molecule has 5 heteroatoms. The number of amides is 1. The van der Waals surface area contributed by atoms with Crippen molar-refractivity contribution in [1.29, 1.82) is 0 Å². The van der Waals surface area contributed by atoms with Crippen LogP contribution in [-0.2, 0) is 4.74 Å². The second kappa shape index (κ2) is 4.94. The van der Waals surface area contributed by atoms with Crippen molar-refractivity contribution in [3.05, 3.63) is 28.8 Å². The monoisotopic (exact) mass is 254 g/mol. The van der Waals surface area contributed by atoms with Gasteiger partial charge in [-0.05, 0) is 19.1 Å². The third kappa shape index (κ3) is 2.37. The van der Waals surface area contributed by atoms with E-state index in [1.807, 2.05) is 6.92 Å². The quantitative estimate of drug-likeness (QED) is 0.778. The summed E-state index contributed by atoms with van der Waals surface area (Å²) in [5.74, 6) is -0.121. The molecular formula is C12H15ClN2O2. The van der Waals surface area contributed by atoms with Gasteiger partial charge in [-0.25, -0.2) is 0 Å². The largest absolute Gasteiger partial charge is 0.398 e. The standard InChI is InChI=1S/C12H15ClN2O2/c1-8-7-17-6-5-15(8)12(16)11-9(13)3-2-4-10(11)14/h2-4,8H,5-7,14H2,1H3. The van der Waals surface area contributed by atoms with Crippen molar-refractivity contribution < 1.29 is 9.53 Å². The van der Waals surface area contributed by atoms with Crippen molar-refractivity contribution in [2.24, 2.45) is 0 Å². The number of carbonyl (C=O) groups is 1. The summed E-state index contributed by atoms with van der Waals surface area (Å²) < 4.78 is 5.30. The van der Waals surface area contributed by atoms with Crippen molar-refractivity contribution in [3.63, 3.8) is 0 Å². The molecule has 0 bridgehead atoms. The normalized spacial score (nSPS) is 20.4. The molecule has 1 fully saturated rings. The molecule has 0 radical (unpaired) electrons. The van der Waals surface area contributed by atoms with Gasteiger partial charge >= 0.3 is 0 Å². The van der Waals surface area contributed by atoms with Crippen LogP contribution in [0.25, 0.3) is 0 Å². The Labute approximate surface area is 105 Å². The van der Waals surface area contributed by atoms with Gasteiger partial charge in [-0.3, -0.25) is 4.79 Å². The summed E-state index contributed by atoms with van der Waals surface area (Å²) in [4.78, 5) is 14.1. The molecule has 0 saturated carbocycles. The van der Waals surface area contributed by atoms with E-state index in [0.717, 1.165) is 0 Å². The Bertz CT molecular complexity index is 416. The minimum Gasteiger partial charge on any atom is -0.398 e. The summed E-state index contributed by atoms with van der Waals surface area (Å²) in [6, 6.07) is 5.14. The number of nitrogens with two attached hydrogens (primary N) is 1. The summed E-state index contributed by atoms with van der Waals surface area (Å²) in [7, 11) is 0. The molecule has 4 nitrogen and oxygen atoms in total.